The molecule has 0 aliphatic carbocycles. The van der Waals surface area contributed by atoms with Crippen LogP contribution in [0.4, 0.5) is 0 Å². The summed E-state index contributed by atoms with van der Waals surface area (Å²) in [5.41, 5.74) is 1.20. The van der Waals surface area contributed by atoms with Gasteiger partial charge in [-0.2, -0.15) is 4.37 Å². The molecule has 0 aliphatic heterocycles. The summed E-state index contributed by atoms with van der Waals surface area (Å²) in [5, 5.41) is 9.06. The number of rotatable bonds is 2. The van der Waals surface area contributed by atoms with Crippen molar-refractivity contribution in [1.82, 2.24) is 4.37 Å². The van der Waals surface area contributed by atoms with Gasteiger partial charge in [0.2, 0.25) is 0 Å². The zero-order valence-corrected chi connectivity index (χ0v) is 10.4. The molecule has 2 rings (SSSR count). The summed E-state index contributed by atoms with van der Waals surface area (Å²) in [4.78, 5) is 11.8. The fourth-order valence-electron chi connectivity index (χ4n) is 1.24. The molecule has 0 aliphatic rings. The third-order valence-corrected chi connectivity index (χ3v) is 3.90. The molecular formula is C10H6INO2S. The predicted molar refractivity (Wildman–Crippen MR) is 67.2 cm³/mol. The quantitative estimate of drug-likeness (QED) is 0.861. The Hall–Kier alpha value is -0.950. The van der Waals surface area contributed by atoms with Crippen LogP contribution in [-0.4, -0.2) is 15.4 Å². The number of nitrogens with zero attached hydrogens (tertiary/aromatic N) is 1. The van der Waals surface area contributed by atoms with Gasteiger partial charge in [-0.1, -0.05) is 30.3 Å². The Morgan fingerprint density at radius 3 is 2.60 bits per heavy atom. The fourth-order valence-corrected chi connectivity index (χ4v) is 3.00. The second kappa shape index (κ2) is 4.28. The van der Waals surface area contributed by atoms with E-state index in [9.17, 15) is 4.79 Å². The Bertz CT molecular complexity index is 495. The zero-order chi connectivity index (χ0) is 10.8. The summed E-state index contributed by atoms with van der Waals surface area (Å²) in [5.74, 6) is -0.924. The summed E-state index contributed by atoms with van der Waals surface area (Å²) < 4.78 is 4.61. The molecule has 0 spiro atoms. The van der Waals surface area contributed by atoms with E-state index in [1.165, 1.54) is 11.5 Å². The highest BCUT2D eigenvalue weighted by Gasteiger charge is 2.19. The number of carbonyl (C=O) groups is 1. The highest BCUT2D eigenvalue weighted by atomic mass is 127. The normalized spacial score (nSPS) is 10.2. The van der Waals surface area contributed by atoms with Crippen LogP contribution in [0.1, 0.15) is 10.4 Å². The first-order valence-corrected chi connectivity index (χ1v) is 5.99. The third kappa shape index (κ3) is 2.03. The molecule has 1 aromatic heterocycles. The highest BCUT2D eigenvalue weighted by molar-refractivity contribution is 14.1. The molecule has 0 atom stereocenters. The van der Waals surface area contributed by atoms with Crippen molar-refractivity contribution in [3.63, 3.8) is 0 Å². The number of benzene rings is 1. The van der Waals surface area contributed by atoms with Crippen molar-refractivity contribution in [1.29, 1.82) is 0 Å². The molecule has 5 heteroatoms. The summed E-state index contributed by atoms with van der Waals surface area (Å²) >= 11 is 3.16. The third-order valence-electron chi connectivity index (χ3n) is 1.90. The Balaban J connectivity index is 2.59. The topological polar surface area (TPSA) is 50.2 Å². The highest BCUT2D eigenvalue weighted by Crippen LogP contribution is 2.30. The van der Waals surface area contributed by atoms with Crippen molar-refractivity contribution in [3.8, 4) is 10.4 Å². The number of halogens is 1. The summed E-state index contributed by atoms with van der Waals surface area (Å²) in [6.45, 7) is 0. The number of carboxylic acids is 1. The molecule has 2 aromatic rings. The smallest absolute Gasteiger partial charge is 0.339 e. The fraction of sp³-hybridized carbons (Fsp3) is 0. The summed E-state index contributed by atoms with van der Waals surface area (Å²) in [7, 11) is 0. The minimum Gasteiger partial charge on any atom is -0.478 e. The molecule has 15 heavy (non-hydrogen) atoms. The van der Waals surface area contributed by atoms with Gasteiger partial charge in [0.15, 0.2) is 0 Å². The lowest BCUT2D eigenvalue weighted by Crippen LogP contribution is -1.98. The lowest BCUT2D eigenvalue weighted by molar-refractivity contribution is 0.0697. The van der Waals surface area contributed by atoms with Crippen LogP contribution in [0.2, 0.25) is 0 Å². The van der Waals surface area contributed by atoms with Crippen molar-refractivity contribution < 1.29 is 9.90 Å². The molecule has 0 bridgehead atoms. The molecule has 3 nitrogen and oxygen atoms in total. The van der Waals surface area contributed by atoms with Crippen LogP contribution in [0.15, 0.2) is 30.3 Å². The maximum Gasteiger partial charge on any atom is 0.339 e. The van der Waals surface area contributed by atoms with E-state index in [1.807, 2.05) is 52.9 Å². The first-order chi connectivity index (χ1) is 7.20. The maximum atomic E-state index is 11.0. The number of hydrogen-bond acceptors (Lipinski definition) is 3. The SMILES string of the molecule is O=C(O)c1c(I)nsc1-c1ccccc1. The van der Waals surface area contributed by atoms with Crippen molar-refractivity contribution in [3.05, 3.63) is 39.6 Å². The Morgan fingerprint density at radius 2 is 2.00 bits per heavy atom. The monoisotopic (exact) mass is 331 g/mol. The van der Waals surface area contributed by atoms with E-state index in [4.69, 9.17) is 5.11 Å². The van der Waals surface area contributed by atoms with Crippen LogP contribution in [0.25, 0.3) is 10.4 Å². The summed E-state index contributed by atoms with van der Waals surface area (Å²) in [6.07, 6.45) is 0. The van der Waals surface area contributed by atoms with Crippen LogP contribution < -0.4 is 0 Å². The molecule has 0 saturated carbocycles. The number of aromatic carboxylic acids is 1. The van der Waals surface area contributed by atoms with Gasteiger partial charge in [0.1, 0.15) is 9.26 Å². The lowest BCUT2D eigenvalue weighted by Gasteiger charge is -1.98. The first-order valence-electron chi connectivity index (χ1n) is 4.14. The standard InChI is InChI=1S/C10H6INO2S/c11-9-7(10(13)14)8(15-12-9)6-4-2-1-3-5-6/h1-5H,(H,13,14). The molecule has 0 unspecified atom stereocenters. The molecule has 1 aromatic carbocycles. The molecule has 0 fully saturated rings. The first kappa shape index (κ1) is 10.6. The van der Waals surface area contributed by atoms with E-state index in [1.54, 1.807) is 0 Å². The van der Waals surface area contributed by atoms with E-state index in [0.29, 0.717) is 14.1 Å². The number of hydrogen-bond donors (Lipinski definition) is 1. The Labute approximate surface area is 104 Å². The minimum atomic E-state index is -0.924. The summed E-state index contributed by atoms with van der Waals surface area (Å²) in [6, 6.07) is 9.43. The van der Waals surface area contributed by atoms with Gasteiger partial charge >= 0.3 is 5.97 Å². The van der Waals surface area contributed by atoms with Crippen LogP contribution in [0.3, 0.4) is 0 Å². The van der Waals surface area contributed by atoms with Crippen molar-refractivity contribution in [2.75, 3.05) is 0 Å². The average Bonchev–Trinajstić information content (AvgIpc) is 2.61. The Kier molecular flexibility index (Phi) is 3.01. The van der Waals surface area contributed by atoms with E-state index in [2.05, 4.69) is 4.37 Å². The largest absolute Gasteiger partial charge is 0.478 e. The molecule has 1 heterocycles. The van der Waals surface area contributed by atoms with Gasteiger partial charge in [0.25, 0.3) is 0 Å². The maximum absolute atomic E-state index is 11.0. The molecular weight excluding hydrogens is 325 g/mol. The molecule has 0 saturated heterocycles. The second-order valence-corrected chi connectivity index (χ2v) is 4.64. The van der Waals surface area contributed by atoms with Crippen molar-refractivity contribution >= 4 is 40.1 Å². The second-order valence-electron chi connectivity index (χ2n) is 2.85. The van der Waals surface area contributed by atoms with E-state index in [-0.39, 0.29) is 0 Å². The van der Waals surface area contributed by atoms with E-state index < -0.39 is 5.97 Å². The molecule has 1 N–H and O–H groups in total. The predicted octanol–water partition coefficient (Wildman–Crippen LogP) is 3.11. The number of carboxylic acid groups (broad SMARTS) is 1. The zero-order valence-electron chi connectivity index (χ0n) is 7.48. The average molecular weight is 331 g/mol. The van der Waals surface area contributed by atoms with Crippen LogP contribution in [-0.2, 0) is 0 Å². The molecule has 0 amide bonds. The van der Waals surface area contributed by atoms with Gasteiger partial charge in [-0.05, 0) is 39.7 Å². The minimum absolute atomic E-state index is 0.298. The van der Waals surface area contributed by atoms with Crippen LogP contribution >= 0.6 is 34.1 Å². The van der Waals surface area contributed by atoms with E-state index >= 15 is 0 Å². The van der Waals surface area contributed by atoms with Gasteiger partial charge in [-0.25, -0.2) is 4.79 Å². The van der Waals surface area contributed by atoms with Crippen molar-refractivity contribution in [2.24, 2.45) is 0 Å². The van der Waals surface area contributed by atoms with Crippen LogP contribution in [0.5, 0.6) is 0 Å². The van der Waals surface area contributed by atoms with E-state index in [0.717, 1.165) is 5.56 Å². The van der Waals surface area contributed by atoms with Gasteiger partial charge in [-0.15, -0.1) is 0 Å². The van der Waals surface area contributed by atoms with Gasteiger partial charge in [0.05, 0.1) is 4.88 Å². The molecule has 76 valence electrons. The van der Waals surface area contributed by atoms with Crippen molar-refractivity contribution in [2.45, 2.75) is 0 Å². The number of aromatic nitrogens is 1. The van der Waals surface area contributed by atoms with Gasteiger partial charge in [0, 0.05) is 0 Å². The van der Waals surface area contributed by atoms with Crippen LogP contribution in [0, 0.1) is 3.70 Å². The van der Waals surface area contributed by atoms with Gasteiger partial charge < -0.3 is 5.11 Å². The lowest BCUT2D eigenvalue weighted by atomic mass is 10.1. The molecule has 0 radical (unpaired) electrons. The Morgan fingerprint density at radius 1 is 1.33 bits per heavy atom. The van der Waals surface area contributed by atoms with Gasteiger partial charge in [-0.3, -0.25) is 0 Å².